The first-order chi connectivity index (χ1) is 9.95. The van der Waals surface area contributed by atoms with E-state index >= 15 is 0 Å². The Labute approximate surface area is 121 Å². The number of carbonyl (C=O) groups is 2. The number of aromatic nitrogens is 1. The molecule has 0 saturated carbocycles. The highest BCUT2D eigenvalue weighted by molar-refractivity contribution is 6.43. The average Bonchev–Trinajstić information content (AvgIpc) is 2.84. The van der Waals surface area contributed by atoms with Crippen LogP contribution in [-0.4, -0.2) is 31.1 Å². The molecule has 110 valence electrons. The standard InChI is InChI=1S/C14H16N4O3/c1-9-7-12(17-21-9)16-14(20)13(19)15-10-5-4-6-11(8-10)18(2)3/h4-8H,1-3H3,(H,15,19)(H,16,17,20). The summed E-state index contributed by atoms with van der Waals surface area (Å²) in [7, 11) is 3.78. The summed E-state index contributed by atoms with van der Waals surface area (Å²) in [5, 5.41) is 8.47. The Balaban J connectivity index is 2.00. The van der Waals surface area contributed by atoms with Crippen LogP contribution in [0.25, 0.3) is 0 Å². The SMILES string of the molecule is Cc1cc(NC(=O)C(=O)Nc2cccc(N(C)C)c2)no1. The van der Waals surface area contributed by atoms with Gasteiger partial charge < -0.3 is 14.7 Å². The van der Waals surface area contributed by atoms with Crippen LogP contribution in [0, 0.1) is 6.92 Å². The number of rotatable bonds is 3. The molecule has 21 heavy (non-hydrogen) atoms. The minimum atomic E-state index is -0.807. The van der Waals surface area contributed by atoms with Gasteiger partial charge in [0, 0.05) is 31.5 Å². The Bertz CT molecular complexity index is 664. The third-order valence-corrected chi connectivity index (χ3v) is 2.70. The topological polar surface area (TPSA) is 87.5 Å². The van der Waals surface area contributed by atoms with Crippen LogP contribution in [0.15, 0.2) is 34.9 Å². The highest BCUT2D eigenvalue weighted by atomic mass is 16.5. The first-order valence-electron chi connectivity index (χ1n) is 6.29. The van der Waals surface area contributed by atoms with Gasteiger partial charge in [-0.1, -0.05) is 11.2 Å². The molecule has 0 aliphatic carbocycles. The second-order valence-corrected chi connectivity index (χ2v) is 4.68. The maximum atomic E-state index is 11.8. The number of nitrogens with zero attached hydrogens (tertiary/aromatic N) is 2. The predicted molar refractivity (Wildman–Crippen MR) is 79.3 cm³/mol. The molecule has 0 aliphatic rings. The van der Waals surface area contributed by atoms with Crippen LogP contribution in [0.5, 0.6) is 0 Å². The quantitative estimate of drug-likeness (QED) is 0.838. The van der Waals surface area contributed by atoms with Crippen LogP contribution in [0.4, 0.5) is 17.2 Å². The summed E-state index contributed by atoms with van der Waals surface area (Å²) in [6.07, 6.45) is 0. The van der Waals surface area contributed by atoms with E-state index in [-0.39, 0.29) is 5.82 Å². The van der Waals surface area contributed by atoms with E-state index in [0.29, 0.717) is 11.4 Å². The number of anilines is 3. The fourth-order valence-corrected chi connectivity index (χ4v) is 1.65. The molecule has 2 rings (SSSR count). The Morgan fingerprint density at radius 3 is 2.48 bits per heavy atom. The minimum absolute atomic E-state index is 0.203. The first kappa shape index (κ1) is 14.6. The summed E-state index contributed by atoms with van der Waals surface area (Å²) in [4.78, 5) is 25.4. The molecule has 0 unspecified atom stereocenters. The Morgan fingerprint density at radius 1 is 1.14 bits per heavy atom. The molecule has 2 N–H and O–H groups in total. The fraction of sp³-hybridized carbons (Fsp3) is 0.214. The molecule has 0 bridgehead atoms. The van der Waals surface area contributed by atoms with Crippen LogP contribution in [0.2, 0.25) is 0 Å². The van der Waals surface area contributed by atoms with Crippen LogP contribution < -0.4 is 15.5 Å². The first-order valence-corrected chi connectivity index (χ1v) is 6.29. The number of amides is 2. The summed E-state index contributed by atoms with van der Waals surface area (Å²) in [5.74, 6) is -0.829. The van der Waals surface area contributed by atoms with Crippen LogP contribution >= 0.6 is 0 Å². The van der Waals surface area contributed by atoms with Crippen molar-refractivity contribution in [3.05, 3.63) is 36.1 Å². The van der Waals surface area contributed by atoms with E-state index in [2.05, 4.69) is 15.8 Å². The highest BCUT2D eigenvalue weighted by Crippen LogP contribution is 2.17. The van der Waals surface area contributed by atoms with Gasteiger partial charge in [0.2, 0.25) is 0 Å². The van der Waals surface area contributed by atoms with Gasteiger partial charge in [-0.2, -0.15) is 0 Å². The van der Waals surface area contributed by atoms with Crippen molar-refractivity contribution in [3.8, 4) is 0 Å². The lowest BCUT2D eigenvalue weighted by atomic mass is 10.2. The number of nitrogens with one attached hydrogen (secondary N) is 2. The highest BCUT2D eigenvalue weighted by Gasteiger charge is 2.16. The van der Waals surface area contributed by atoms with Gasteiger partial charge in [0.25, 0.3) is 0 Å². The van der Waals surface area contributed by atoms with Crippen molar-refractivity contribution in [1.82, 2.24) is 5.16 Å². The monoisotopic (exact) mass is 288 g/mol. The molecule has 0 radical (unpaired) electrons. The molecular formula is C14H16N4O3. The Morgan fingerprint density at radius 2 is 1.86 bits per heavy atom. The molecule has 0 atom stereocenters. The smallest absolute Gasteiger partial charge is 0.315 e. The van der Waals surface area contributed by atoms with Crippen molar-refractivity contribution in [2.24, 2.45) is 0 Å². The van der Waals surface area contributed by atoms with E-state index in [1.54, 1.807) is 25.1 Å². The molecule has 1 aromatic carbocycles. The van der Waals surface area contributed by atoms with Gasteiger partial charge in [0.15, 0.2) is 5.82 Å². The average molecular weight is 288 g/mol. The van der Waals surface area contributed by atoms with Crippen molar-refractivity contribution >= 4 is 29.0 Å². The molecule has 0 fully saturated rings. The van der Waals surface area contributed by atoms with Gasteiger partial charge in [-0.15, -0.1) is 0 Å². The maximum absolute atomic E-state index is 11.8. The van der Waals surface area contributed by atoms with Crippen molar-refractivity contribution < 1.29 is 14.1 Å². The molecule has 7 nitrogen and oxygen atoms in total. The lowest BCUT2D eigenvalue weighted by Crippen LogP contribution is -2.29. The fourth-order valence-electron chi connectivity index (χ4n) is 1.65. The zero-order valence-electron chi connectivity index (χ0n) is 12.0. The third kappa shape index (κ3) is 3.82. The predicted octanol–water partition coefficient (Wildman–Crippen LogP) is 1.63. The van der Waals surface area contributed by atoms with E-state index in [1.165, 1.54) is 6.07 Å². The van der Waals surface area contributed by atoms with Crippen molar-refractivity contribution in [1.29, 1.82) is 0 Å². The van der Waals surface area contributed by atoms with Gasteiger partial charge in [-0.25, -0.2) is 0 Å². The number of aryl methyl sites for hydroxylation is 1. The molecule has 7 heteroatoms. The Hall–Kier alpha value is -2.83. The number of hydrogen-bond donors (Lipinski definition) is 2. The lowest BCUT2D eigenvalue weighted by molar-refractivity contribution is -0.133. The van der Waals surface area contributed by atoms with Crippen LogP contribution in [-0.2, 0) is 9.59 Å². The molecule has 0 saturated heterocycles. The van der Waals surface area contributed by atoms with Gasteiger partial charge >= 0.3 is 11.8 Å². The lowest BCUT2D eigenvalue weighted by Gasteiger charge is -2.13. The van der Waals surface area contributed by atoms with Gasteiger partial charge in [-0.3, -0.25) is 14.9 Å². The molecule has 2 aromatic rings. The maximum Gasteiger partial charge on any atom is 0.315 e. The summed E-state index contributed by atoms with van der Waals surface area (Å²) in [6, 6.07) is 8.69. The Kier molecular flexibility index (Phi) is 4.22. The van der Waals surface area contributed by atoms with E-state index in [1.807, 2.05) is 25.1 Å². The van der Waals surface area contributed by atoms with Gasteiger partial charge in [0.1, 0.15) is 5.76 Å². The van der Waals surface area contributed by atoms with Gasteiger partial charge in [-0.05, 0) is 25.1 Å². The van der Waals surface area contributed by atoms with Crippen LogP contribution in [0.1, 0.15) is 5.76 Å². The molecular weight excluding hydrogens is 272 g/mol. The minimum Gasteiger partial charge on any atom is -0.378 e. The largest absolute Gasteiger partial charge is 0.378 e. The van der Waals surface area contributed by atoms with E-state index in [0.717, 1.165) is 5.69 Å². The molecule has 2 amide bonds. The summed E-state index contributed by atoms with van der Waals surface area (Å²) in [6.45, 7) is 1.69. The second-order valence-electron chi connectivity index (χ2n) is 4.68. The number of hydrogen-bond acceptors (Lipinski definition) is 5. The van der Waals surface area contributed by atoms with E-state index < -0.39 is 11.8 Å². The summed E-state index contributed by atoms with van der Waals surface area (Å²) >= 11 is 0. The molecule has 0 spiro atoms. The van der Waals surface area contributed by atoms with Crippen molar-refractivity contribution in [3.63, 3.8) is 0 Å². The molecule has 1 heterocycles. The van der Waals surface area contributed by atoms with E-state index in [9.17, 15) is 9.59 Å². The number of carbonyl (C=O) groups excluding carboxylic acids is 2. The summed E-state index contributed by atoms with van der Waals surface area (Å²) in [5.41, 5.74) is 1.46. The van der Waals surface area contributed by atoms with Crippen molar-refractivity contribution in [2.75, 3.05) is 29.6 Å². The van der Waals surface area contributed by atoms with Gasteiger partial charge in [0.05, 0.1) is 0 Å². The van der Waals surface area contributed by atoms with E-state index in [4.69, 9.17) is 4.52 Å². The zero-order valence-corrected chi connectivity index (χ0v) is 12.0. The second kappa shape index (κ2) is 6.08. The molecule has 1 aromatic heterocycles. The van der Waals surface area contributed by atoms with Crippen LogP contribution in [0.3, 0.4) is 0 Å². The third-order valence-electron chi connectivity index (χ3n) is 2.70. The normalized spacial score (nSPS) is 10.0. The number of benzene rings is 1. The molecule has 0 aliphatic heterocycles. The van der Waals surface area contributed by atoms with Crippen molar-refractivity contribution in [2.45, 2.75) is 6.92 Å². The zero-order chi connectivity index (χ0) is 15.4. The summed E-state index contributed by atoms with van der Waals surface area (Å²) < 4.78 is 4.80.